The molecule has 1 N–H and O–H groups in total. The molecule has 138 valence electrons. The Morgan fingerprint density at radius 2 is 1.85 bits per heavy atom. The molecule has 2 aromatic carbocycles. The van der Waals surface area contributed by atoms with Crippen LogP contribution in [0, 0.1) is 19.7 Å². The number of benzene rings is 2. The van der Waals surface area contributed by atoms with E-state index >= 15 is 0 Å². The van der Waals surface area contributed by atoms with Gasteiger partial charge in [-0.1, -0.05) is 29.8 Å². The average molecular weight is 376 g/mol. The van der Waals surface area contributed by atoms with E-state index in [1.54, 1.807) is 12.1 Å². The number of halogens is 2. The summed E-state index contributed by atoms with van der Waals surface area (Å²) in [5.74, 6) is -0.201. The van der Waals surface area contributed by atoms with Gasteiger partial charge in [-0.2, -0.15) is 0 Å². The monoisotopic (exact) mass is 375 g/mol. The largest absolute Gasteiger partial charge is 0.375 e. The van der Waals surface area contributed by atoms with Gasteiger partial charge in [0.05, 0.1) is 22.9 Å². The maximum Gasteiger partial charge on any atom is 0.241 e. The van der Waals surface area contributed by atoms with E-state index in [0.717, 1.165) is 16.8 Å². The van der Waals surface area contributed by atoms with Crippen LogP contribution in [0.5, 0.6) is 0 Å². The number of nitrogens with zero attached hydrogens (tertiary/aromatic N) is 2. The molecule has 2 aromatic rings. The maximum atomic E-state index is 13.9. The lowest BCUT2D eigenvalue weighted by Crippen LogP contribution is -2.50. The van der Waals surface area contributed by atoms with Crippen molar-refractivity contribution >= 4 is 28.9 Å². The van der Waals surface area contributed by atoms with Crippen LogP contribution < -0.4 is 10.2 Å². The molecule has 1 fully saturated rings. The molecule has 0 aliphatic carbocycles. The molecular weight excluding hydrogens is 353 g/mol. The first kappa shape index (κ1) is 18.5. The molecule has 1 amide bonds. The minimum Gasteiger partial charge on any atom is -0.375 e. The number of rotatable bonds is 4. The van der Waals surface area contributed by atoms with E-state index in [1.165, 1.54) is 6.07 Å². The number of para-hydroxylation sites is 1. The number of amides is 1. The van der Waals surface area contributed by atoms with E-state index in [2.05, 4.69) is 5.32 Å². The fourth-order valence-electron chi connectivity index (χ4n) is 3.32. The van der Waals surface area contributed by atoms with Crippen molar-refractivity contribution < 1.29 is 9.18 Å². The first-order valence-corrected chi connectivity index (χ1v) is 9.11. The van der Waals surface area contributed by atoms with Crippen molar-refractivity contribution in [2.45, 2.75) is 13.8 Å². The first-order valence-electron chi connectivity index (χ1n) is 8.73. The molecule has 0 spiro atoms. The molecule has 6 heteroatoms. The van der Waals surface area contributed by atoms with Crippen molar-refractivity contribution in [1.82, 2.24) is 4.90 Å². The summed E-state index contributed by atoms with van der Waals surface area (Å²) in [6.45, 7) is 6.56. The fourth-order valence-corrected chi connectivity index (χ4v) is 3.71. The lowest BCUT2D eigenvalue weighted by molar-refractivity contribution is -0.129. The van der Waals surface area contributed by atoms with Gasteiger partial charge in [-0.05, 0) is 43.2 Å². The predicted molar refractivity (Wildman–Crippen MR) is 105 cm³/mol. The standard InChI is InChI=1S/C20H23ClFN3O/c1-14-11-15(2)20(16(21)12-14)23-13-19(26)25-9-7-24(8-10-25)18-6-4-3-5-17(18)22/h3-6,11-12,23H,7-10,13H2,1-2H3. The summed E-state index contributed by atoms with van der Waals surface area (Å²) < 4.78 is 13.9. The second kappa shape index (κ2) is 7.96. The summed E-state index contributed by atoms with van der Waals surface area (Å²) in [5.41, 5.74) is 3.51. The molecule has 3 rings (SSSR count). The third-order valence-corrected chi connectivity index (χ3v) is 4.97. The summed E-state index contributed by atoms with van der Waals surface area (Å²) in [5, 5.41) is 3.79. The zero-order valence-electron chi connectivity index (χ0n) is 15.1. The first-order chi connectivity index (χ1) is 12.5. The van der Waals surface area contributed by atoms with Crippen LogP contribution in [0.2, 0.25) is 5.02 Å². The molecule has 4 nitrogen and oxygen atoms in total. The molecule has 1 saturated heterocycles. The molecule has 0 bridgehead atoms. The van der Waals surface area contributed by atoms with E-state index in [4.69, 9.17) is 11.6 Å². The summed E-state index contributed by atoms with van der Waals surface area (Å²) in [6.07, 6.45) is 0. The van der Waals surface area contributed by atoms with Crippen LogP contribution in [0.3, 0.4) is 0 Å². The Morgan fingerprint density at radius 1 is 1.15 bits per heavy atom. The molecule has 1 aliphatic rings. The SMILES string of the molecule is Cc1cc(C)c(NCC(=O)N2CCN(c3ccccc3F)CC2)c(Cl)c1. The highest BCUT2D eigenvalue weighted by Crippen LogP contribution is 2.27. The van der Waals surface area contributed by atoms with Crippen molar-refractivity contribution in [2.24, 2.45) is 0 Å². The van der Waals surface area contributed by atoms with Crippen LogP contribution in [0.1, 0.15) is 11.1 Å². The number of hydrogen-bond donors (Lipinski definition) is 1. The van der Waals surface area contributed by atoms with Crippen LogP contribution in [0.15, 0.2) is 36.4 Å². The molecule has 26 heavy (non-hydrogen) atoms. The van der Waals surface area contributed by atoms with Crippen LogP contribution in [0.4, 0.5) is 15.8 Å². The number of nitrogens with one attached hydrogen (secondary N) is 1. The topological polar surface area (TPSA) is 35.6 Å². The van der Waals surface area contributed by atoms with Gasteiger partial charge in [0.1, 0.15) is 5.82 Å². The van der Waals surface area contributed by atoms with Gasteiger partial charge in [0, 0.05) is 26.2 Å². The number of carbonyl (C=O) groups is 1. The highest BCUT2D eigenvalue weighted by atomic mass is 35.5. The van der Waals surface area contributed by atoms with E-state index in [-0.39, 0.29) is 18.3 Å². The predicted octanol–water partition coefficient (Wildman–Crippen LogP) is 3.86. The fraction of sp³-hybridized carbons (Fsp3) is 0.350. The minimum atomic E-state index is -0.224. The Bertz CT molecular complexity index is 780. The van der Waals surface area contributed by atoms with Gasteiger partial charge in [-0.3, -0.25) is 4.79 Å². The lowest BCUT2D eigenvalue weighted by atomic mass is 10.1. The van der Waals surface area contributed by atoms with Gasteiger partial charge >= 0.3 is 0 Å². The Kier molecular flexibility index (Phi) is 5.67. The summed E-state index contributed by atoms with van der Waals surface area (Å²) in [7, 11) is 0. The minimum absolute atomic E-state index is 0.0224. The summed E-state index contributed by atoms with van der Waals surface area (Å²) in [6, 6.07) is 10.7. The van der Waals surface area contributed by atoms with Crippen LogP contribution in [-0.2, 0) is 4.79 Å². The number of piperazine rings is 1. The third-order valence-electron chi connectivity index (χ3n) is 4.67. The summed E-state index contributed by atoms with van der Waals surface area (Å²) in [4.78, 5) is 16.3. The molecule has 0 atom stereocenters. The number of carbonyl (C=O) groups excluding carboxylic acids is 1. The van der Waals surface area contributed by atoms with Crippen molar-refractivity contribution in [3.63, 3.8) is 0 Å². The zero-order chi connectivity index (χ0) is 18.7. The Hall–Kier alpha value is -2.27. The molecular formula is C20H23ClFN3O. The molecule has 0 unspecified atom stereocenters. The zero-order valence-corrected chi connectivity index (χ0v) is 15.8. The molecule has 0 aromatic heterocycles. The maximum absolute atomic E-state index is 13.9. The van der Waals surface area contributed by atoms with Gasteiger partial charge in [0.15, 0.2) is 0 Å². The average Bonchev–Trinajstić information content (AvgIpc) is 2.61. The van der Waals surface area contributed by atoms with E-state index < -0.39 is 0 Å². The second-order valence-electron chi connectivity index (χ2n) is 6.61. The number of hydrogen-bond acceptors (Lipinski definition) is 3. The highest BCUT2D eigenvalue weighted by Gasteiger charge is 2.22. The van der Waals surface area contributed by atoms with Gasteiger partial charge in [-0.15, -0.1) is 0 Å². The lowest BCUT2D eigenvalue weighted by Gasteiger charge is -2.36. The Balaban J connectivity index is 1.55. The van der Waals surface area contributed by atoms with E-state index in [1.807, 2.05) is 41.8 Å². The molecule has 0 saturated carbocycles. The highest BCUT2D eigenvalue weighted by molar-refractivity contribution is 6.33. The van der Waals surface area contributed by atoms with Crippen LogP contribution in [0.25, 0.3) is 0 Å². The molecule has 1 aliphatic heterocycles. The van der Waals surface area contributed by atoms with Gasteiger partial charge in [0.2, 0.25) is 5.91 Å². The van der Waals surface area contributed by atoms with E-state index in [0.29, 0.717) is 36.9 Å². The van der Waals surface area contributed by atoms with Gasteiger partial charge in [-0.25, -0.2) is 4.39 Å². The van der Waals surface area contributed by atoms with Gasteiger partial charge in [0.25, 0.3) is 0 Å². The number of anilines is 2. The Labute approximate surface area is 158 Å². The van der Waals surface area contributed by atoms with Crippen LogP contribution >= 0.6 is 11.6 Å². The van der Waals surface area contributed by atoms with Crippen molar-refractivity contribution in [3.8, 4) is 0 Å². The van der Waals surface area contributed by atoms with Crippen molar-refractivity contribution in [1.29, 1.82) is 0 Å². The third kappa shape index (κ3) is 4.10. The van der Waals surface area contributed by atoms with Gasteiger partial charge < -0.3 is 15.1 Å². The smallest absolute Gasteiger partial charge is 0.241 e. The molecule has 1 heterocycles. The van der Waals surface area contributed by atoms with Crippen molar-refractivity contribution in [3.05, 3.63) is 58.4 Å². The van der Waals surface area contributed by atoms with Crippen molar-refractivity contribution in [2.75, 3.05) is 42.9 Å². The van der Waals surface area contributed by atoms with Crippen LogP contribution in [-0.4, -0.2) is 43.5 Å². The normalized spacial score (nSPS) is 14.5. The number of aryl methyl sites for hydroxylation is 2. The second-order valence-corrected chi connectivity index (χ2v) is 7.02. The van der Waals surface area contributed by atoms with E-state index in [9.17, 15) is 9.18 Å². The quantitative estimate of drug-likeness (QED) is 0.881. The Morgan fingerprint density at radius 3 is 2.50 bits per heavy atom. The summed E-state index contributed by atoms with van der Waals surface area (Å²) >= 11 is 6.28. The molecule has 0 radical (unpaired) electrons.